The molecule has 0 atom stereocenters. The smallest absolute Gasteiger partial charge is 0.301 e. The highest BCUT2D eigenvalue weighted by molar-refractivity contribution is 7.90. The summed E-state index contributed by atoms with van der Waals surface area (Å²) in [4.78, 5) is 0. The lowest BCUT2D eigenvalue weighted by atomic mass is 10.3. The van der Waals surface area contributed by atoms with Crippen molar-refractivity contribution in [2.24, 2.45) is 0 Å². The quantitative estimate of drug-likeness (QED) is 0.787. The normalized spacial score (nSPS) is 11.8. The molecule has 0 saturated heterocycles. The number of halogens is 1. The van der Waals surface area contributed by atoms with E-state index in [-0.39, 0.29) is 11.4 Å². The van der Waals surface area contributed by atoms with Gasteiger partial charge in [-0.1, -0.05) is 13.8 Å². The predicted molar refractivity (Wildman–Crippen MR) is 66.3 cm³/mol. The molecule has 0 aliphatic rings. The highest BCUT2D eigenvalue weighted by Crippen LogP contribution is 2.21. The number of hydrogen-bond donors (Lipinski definition) is 2. The van der Waals surface area contributed by atoms with Gasteiger partial charge in [-0.15, -0.1) is 0 Å². The van der Waals surface area contributed by atoms with Gasteiger partial charge in [-0.3, -0.25) is 4.72 Å². The third-order valence-corrected chi connectivity index (χ3v) is 3.97. The van der Waals surface area contributed by atoms with E-state index in [1.807, 2.05) is 0 Å². The van der Waals surface area contributed by atoms with E-state index in [2.05, 4.69) is 4.72 Å². The van der Waals surface area contributed by atoms with Gasteiger partial charge < -0.3 is 5.73 Å². The van der Waals surface area contributed by atoms with E-state index in [0.717, 1.165) is 6.07 Å². The Kier molecular flexibility index (Phi) is 4.30. The van der Waals surface area contributed by atoms with Gasteiger partial charge in [0, 0.05) is 19.2 Å². The van der Waals surface area contributed by atoms with Crippen LogP contribution in [0.15, 0.2) is 18.2 Å². The minimum absolute atomic E-state index is 0.0527. The second kappa shape index (κ2) is 5.33. The van der Waals surface area contributed by atoms with E-state index in [9.17, 15) is 12.8 Å². The molecule has 0 unspecified atom stereocenters. The minimum Gasteiger partial charge on any atom is -0.397 e. The van der Waals surface area contributed by atoms with E-state index in [1.165, 1.54) is 16.4 Å². The first-order chi connectivity index (χ1) is 7.90. The summed E-state index contributed by atoms with van der Waals surface area (Å²) in [7, 11) is -3.68. The van der Waals surface area contributed by atoms with Gasteiger partial charge in [-0.25, -0.2) is 4.39 Å². The van der Waals surface area contributed by atoms with Crippen molar-refractivity contribution in [2.45, 2.75) is 13.8 Å². The minimum atomic E-state index is -3.68. The molecule has 1 rings (SSSR count). The van der Waals surface area contributed by atoms with Gasteiger partial charge in [-0.05, 0) is 12.1 Å². The van der Waals surface area contributed by atoms with Crippen molar-refractivity contribution in [3.8, 4) is 0 Å². The molecule has 7 heteroatoms. The molecule has 0 bridgehead atoms. The Balaban J connectivity index is 3.01. The Morgan fingerprint density at radius 2 is 1.94 bits per heavy atom. The molecule has 0 heterocycles. The summed E-state index contributed by atoms with van der Waals surface area (Å²) < 4.78 is 40.2. The van der Waals surface area contributed by atoms with Gasteiger partial charge in [0.15, 0.2) is 0 Å². The average Bonchev–Trinajstić information content (AvgIpc) is 2.24. The lowest BCUT2D eigenvalue weighted by Crippen LogP contribution is -2.35. The zero-order valence-electron chi connectivity index (χ0n) is 9.77. The number of nitrogens with one attached hydrogen (secondary N) is 1. The van der Waals surface area contributed by atoms with Crippen LogP contribution < -0.4 is 10.5 Å². The van der Waals surface area contributed by atoms with Crippen molar-refractivity contribution in [3.05, 3.63) is 24.0 Å². The molecular formula is C10H16FN3O2S. The summed E-state index contributed by atoms with van der Waals surface area (Å²) in [6.45, 7) is 4.11. The molecule has 0 aliphatic heterocycles. The Morgan fingerprint density at radius 3 is 2.47 bits per heavy atom. The zero-order valence-corrected chi connectivity index (χ0v) is 10.6. The maximum atomic E-state index is 13.0. The highest BCUT2D eigenvalue weighted by atomic mass is 32.2. The maximum absolute atomic E-state index is 13.0. The second-order valence-corrected chi connectivity index (χ2v) is 5.09. The molecule has 17 heavy (non-hydrogen) atoms. The summed E-state index contributed by atoms with van der Waals surface area (Å²) in [6, 6.07) is 3.54. The summed E-state index contributed by atoms with van der Waals surface area (Å²) in [5, 5.41) is 0. The van der Waals surface area contributed by atoms with Gasteiger partial charge >= 0.3 is 10.2 Å². The molecule has 0 radical (unpaired) electrons. The predicted octanol–water partition coefficient (Wildman–Crippen LogP) is 1.41. The fourth-order valence-electron chi connectivity index (χ4n) is 1.38. The van der Waals surface area contributed by atoms with E-state index in [1.54, 1.807) is 13.8 Å². The number of benzene rings is 1. The Hall–Kier alpha value is -1.34. The van der Waals surface area contributed by atoms with Crippen molar-refractivity contribution in [2.75, 3.05) is 23.5 Å². The summed E-state index contributed by atoms with van der Waals surface area (Å²) in [5.74, 6) is -0.545. The second-order valence-electron chi connectivity index (χ2n) is 3.42. The van der Waals surface area contributed by atoms with E-state index in [4.69, 9.17) is 5.73 Å². The molecule has 0 spiro atoms. The van der Waals surface area contributed by atoms with Crippen LogP contribution in [-0.2, 0) is 10.2 Å². The number of anilines is 2. The molecule has 0 aliphatic carbocycles. The van der Waals surface area contributed by atoms with Crippen molar-refractivity contribution < 1.29 is 12.8 Å². The number of hydrogen-bond acceptors (Lipinski definition) is 3. The van der Waals surface area contributed by atoms with Crippen LogP contribution in [0.2, 0.25) is 0 Å². The summed E-state index contributed by atoms with van der Waals surface area (Å²) in [5.41, 5.74) is 5.80. The first kappa shape index (κ1) is 13.7. The summed E-state index contributed by atoms with van der Waals surface area (Å²) >= 11 is 0. The van der Waals surface area contributed by atoms with E-state index < -0.39 is 16.0 Å². The molecule has 1 aromatic rings. The Morgan fingerprint density at radius 1 is 1.35 bits per heavy atom. The molecule has 0 fully saturated rings. The van der Waals surface area contributed by atoms with Crippen molar-refractivity contribution in [3.63, 3.8) is 0 Å². The molecule has 0 aromatic heterocycles. The Bertz CT molecular complexity index is 486. The molecule has 3 N–H and O–H groups in total. The number of rotatable bonds is 5. The van der Waals surface area contributed by atoms with Crippen LogP contribution in [0.25, 0.3) is 0 Å². The number of nitrogens with zero attached hydrogens (tertiary/aromatic N) is 1. The first-order valence-electron chi connectivity index (χ1n) is 5.23. The SMILES string of the molecule is CCN(CC)S(=O)(=O)Nc1cc(F)ccc1N. The van der Waals surface area contributed by atoms with Crippen molar-refractivity contribution in [1.82, 2.24) is 4.31 Å². The fourth-order valence-corrected chi connectivity index (χ4v) is 2.65. The Labute approximate surface area is 101 Å². The van der Waals surface area contributed by atoms with Crippen LogP contribution in [0.4, 0.5) is 15.8 Å². The maximum Gasteiger partial charge on any atom is 0.301 e. The van der Waals surface area contributed by atoms with E-state index in [0.29, 0.717) is 13.1 Å². The number of nitrogen functional groups attached to an aromatic ring is 1. The van der Waals surface area contributed by atoms with Gasteiger partial charge in [0.1, 0.15) is 5.82 Å². The van der Waals surface area contributed by atoms with E-state index >= 15 is 0 Å². The van der Waals surface area contributed by atoms with Crippen LogP contribution in [-0.4, -0.2) is 25.8 Å². The van der Waals surface area contributed by atoms with Gasteiger partial charge in [0.2, 0.25) is 0 Å². The van der Waals surface area contributed by atoms with Crippen LogP contribution in [0.5, 0.6) is 0 Å². The van der Waals surface area contributed by atoms with Gasteiger partial charge in [-0.2, -0.15) is 12.7 Å². The van der Waals surface area contributed by atoms with Gasteiger partial charge in [0.25, 0.3) is 0 Å². The zero-order chi connectivity index (χ0) is 13.1. The van der Waals surface area contributed by atoms with Crippen molar-refractivity contribution in [1.29, 1.82) is 0 Å². The van der Waals surface area contributed by atoms with Gasteiger partial charge in [0.05, 0.1) is 11.4 Å². The largest absolute Gasteiger partial charge is 0.397 e. The van der Waals surface area contributed by atoms with Crippen LogP contribution in [0, 0.1) is 5.82 Å². The topological polar surface area (TPSA) is 75.4 Å². The van der Waals surface area contributed by atoms with Crippen LogP contribution >= 0.6 is 0 Å². The lowest BCUT2D eigenvalue weighted by Gasteiger charge is -2.20. The molecule has 0 amide bonds. The fraction of sp³-hybridized carbons (Fsp3) is 0.400. The first-order valence-corrected chi connectivity index (χ1v) is 6.67. The molecule has 96 valence electrons. The molecule has 5 nitrogen and oxygen atoms in total. The number of nitrogens with two attached hydrogens (primary N) is 1. The third-order valence-electron chi connectivity index (χ3n) is 2.30. The van der Waals surface area contributed by atoms with Crippen molar-refractivity contribution >= 4 is 21.6 Å². The molecule has 0 saturated carbocycles. The standard InChI is InChI=1S/C10H16FN3O2S/c1-3-14(4-2)17(15,16)13-10-7-8(11)5-6-9(10)12/h5-7,13H,3-4,12H2,1-2H3. The van der Waals surface area contributed by atoms with Crippen LogP contribution in [0.3, 0.4) is 0 Å². The van der Waals surface area contributed by atoms with Crippen LogP contribution in [0.1, 0.15) is 13.8 Å². The molecule has 1 aromatic carbocycles. The lowest BCUT2D eigenvalue weighted by molar-refractivity contribution is 0.449. The average molecular weight is 261 g/mol. The summed E-state index contributed by atoms with van der Waals surface area (Å²) in [6.07, 6.45) is 0. The highest BCUT2D eigenvalue weighted by Gasteiger charge is 2.19. The molecular weight excluding hydrogens is 245 g/mol. The third kappa shape index (κ3) is 3.31. The monoisotopic (exact) mass is 261 g/mol.